The lowest BCUT2D eigenvalue weighted by atomic mass is 9.90. The Kier molecular flexibility index (Phi) is 8.79. The molecular formula is C19H25FN2O3. The normalized spacial score (nSPS) is 13.1. The van der Waals surface area contributed by atoms with Gasteiger partial charge in [0.1, 0.15) is 5.82 Å². The Morgan fingerprint density at radius 3 is 2.56 bits per heavy atom. The Balaban J connectivity index is 2.52. The number of nitrogens with one attached hydrogen (secondary N) is 1. The van der Waals surface area contributed by atoms with Crippen LogP contribution in [0.1, 0.15) is 45.1 Å². The van der Waals surface area contributed by atoms with Crippen molar-refractivity contribution in [3.8, 4) is 6.07 Å². The van der Waals surface area contributed by atoms with E-state index < -0.39 is 29.3 Å². The number of halogens is 1. The standard InChI is InChI=1S/C19H25FN2O3/c1-13(2)25-10-6-9-22-19(24)16(12-21)18(23)11-14(3)15-7-4-5-8-17(15)20/h4-5,7-8,13-14,16H,6,9-11H2,1-3H3,(H,22,24)/t14-,16-/m1/s1. The minimum Gasteiger partial charge on any atom is -0.379 e. The summed E-state index contributed by atoms with van der Waals surface area (Å²) in [5.74, 6) is -3.30. The first-order chi connectivity index (χ1) is 11.9. The van der Waals surface area contributed by atoms with Crippen molar-refractivity contribution in [1.82, 2.24) is 5.32 Å². The topological polar surface area (TPSA) is 79.2 Å². The molecule has 0 unspecified atom stereocenters. The van der Waals surface area contributed by atoms with Gasteiger partial charge in [-0.15, -0.1) is 0 Å². The summed E-state index contributed by atoms with van der Waals surface area (Å²) in [5.41, 5.74) is 0.402. The van der Waals surface area contributed by atoms with Crippen molar-refractivity contribution in [2.75, 3.05) is 13.2 Å². The minimum absolute atomic E-state index is 0.0664. The molecule has 0 aromatic heterocycles. The van der Waals surface area contributed by atoms with Crippen LogP contribution in [0.25, 0.3) is 0 Å². The monoisotopic (exact) mass is 348 g/mol. The highest BCUT2D eigenvalue weighted by atomic mass is 19.1. The average Bonchev–Trinajstić information content (AvgIpc) is 2.55. The van der Waals surface area contributed by atoms with E-state index in [0.717, 1.165) is 0 Å². The number of nitriles is 1. The van der Waals surface area contributed by atoms with Crippen LogP contribution in [-0.4, -0.2) is 30.9 Å². The van der Waals surface area contributed by atoms with Crippen LogP contribution in [0.4, 0.5) is 4.39 Å². The molecule has 6 heteroatoms. The summed E-state index contributed by atoms with van der Waals surface area (Å²) >= 11 is 0. The van der Waals surface area contributed by atoms with Gasteiger partial charge in [0.25, 0.3) is 0 Å². The third kappa shape index (κ3) is 7.02. The van der Waals surface area contributed by atoms with Crippen LogP contribution in [0.5, 0.6) is 0 Å². The summed E-state index contributed by atoms with van der Waals surface area (Å²) in [6.07, 6.45) is 0.647. The highest BCUT2D eigenvalue weighted by Gasteiger charge is 2.28. The van der Waals surface area contributed by atoms with Gasteiger partial charge in [-0.1, -0.05) is 25.1 Å². The van der Waals surface area contributed by atoms with Gasteiger partial charge < -0.3 is 10.1 Å². The Morgan fingerprint density at radius 2 is 1.96 bits per heavy atom. The van der Waals surface area contributed by atoms with Gasteiger partial charge in [-0.25, -0.2) is 4.39 Å². The lowest BCUT2D eigenvalue weighted by Crippen LogP contribution is -2.36. The molecule has 0 saturated carbocycles. The van der Waals surface area contributed by atoms with E-state index >= 15 is 0 Å². The number of hydrogen-bond acceptors (Lipinski definition) is 4. The number of carbonyl (C=O) groups excluding carboxylic acids is 2. The molecule has 0 aliphatic rings. The lowest BCUT2D eigenvalue weighted by Gasteiger charge is -2.14. The van der Waals surface area contributed by atoms with Crippen LogP contribution in [0, 0.1) is 23.1 Å². The van der Waals surface area contributed by atoms with Crippen LogP contribution >= 0.6 is 0 Å². The van der Waals surface area contributed by atoms with Gasteiger partial charge in [-0.3, -0.25) is 9.59 Å². The molecule has 0 aliphatic heterocycles. The van der Waals surface area contributed by atoms with Gasteiger partial charge in [-0.05, 0) is 37.8 Å². The molecule has 0 radical (unpaired) electrons. The van der Waals surface area contributed by atoms with Crippen molar-refractivity contribution in [2.45, 2.75) is 45.6 Å². The maximum atomic E-state index is 13.8. The smallest absolute Gasteiger partial charge is 0.245 e. The molecule has 0 bridgehead atoms. The zero-order valence-electron chi connectivity index (χ0n) is 14.9. The van der Waals surface area contributed by atoms with Crippen LogP contribution in [0.2, 0.25) is 0 Å². The zero-order chi connectivity index (χ0) is 18.8. The van der Waals surface area contributed by atoms with Gasteiger partial charge in [0.15, 0.2) is 11.7 Å². The van der Waals surface area contributed by atoms with E-state index in [1.165, 1.54) is 6.07 Å². The van der Waals surface area contributed by atoms with Crippen LogP contribution in [0.15, 0.2) is 24.3 Å². The van der Waals surface area contributed by atoms with E-state index in [1.807, 2.05) is 13.8 Å². The number of carbonyl (C=O) groups is 2. The molecule has 1 rings (SSSR count). The molecule has 0 fully saturated rings. The van der Waals surface area contributed by atoms with E-state index in [9.17, 15) is 14.0 Å². The molecule has 0 spiro atoms. The largest absolute Gasteiger partial charge is 0.379 e. The van der Waals surface area contributed by atoms with Crippen LogP contribution in [0.3, 0.4) is 0 Å². The quantitative estimate of drug-likeness (QED) is 0.521. The van der Waals surface area contributed by atoms with Gasteiger partial charge >= 0.3 is 0 Å². The first-order valence-electron chi connectivity index (χ1n) is 8.42. The van der Waals surface area contributed by atoms with Crippen molar-refractivity contribution < 1.29 is 18.7 Å². The number of ether oxygens (including phenoxy) is 1. The SMILES string of the molecule is CC(C)OCCCNC(=O)[C@H](C#N)C(=O)C[C@@H](C)c1ccccc1F. The van der Waals surface area contributed by atoms with Gasteiger partial charge in [0, 0.05) is 19.6 Å². The fourth-order valence-corrected chi connectivity index (χ4v) is 2.39. The van der Waals surface area contributed by atoms with Crippen molar-refractivity contribution in [2.24, 2.45) is 5.92 Å². The zero-order valence-corrected chi connectivity index (χ0v) is 14.9. The van der Waals surface area contributed by atoms with Gasteiger partial charge in [0.05, 0.1) is 12.2 Å². The Labute approximate surface area is 148 Å². The van der Waals surface area contributed by atoms with E-state index in [4.69, 9.17) is 10.00 Å². The molecule has 2 atom stereocenters. The minimum atomic E-state index is -1.37. The summed E-state index contributed by atoms with van der Waals surface area (Å²) in [5, 5.41) is 11.7. The molecule has 5 nitrogen and oxygen atoms in total. The van der Waals surface area contributed by atoms with Crippen LogP contribution in [-0.2, 0) is 14.3 Å². The third-order valence-electron chi connectivity index (χ3n) is 3.73. The Hall–Kier alpha value is -2.26. The summed E-state index contributed by atoms with van der Waals surface area (Å²) in [6.45, 7) is 6.36. The second-order valence-corrected chi connectivity index (χ2v) is 6.22. The first kappa shape index (κ1) is 20.8. The highest BCUT2D eigenvalue weighted by molar-refractivity contribution is 6.04. The second-order valence-electron chi connectivity index (χ2n) is 6.22. The van der Waals surface area contributed by atoms with Gasteiger partial charge in [0.2, 0.25) is 5.91 Å². The molecule has 0 aliphatic carbocycles. The Morgan fingerprint density at radius 1 is 1.28 bits per heavy atom. The number of hydrogen-bond donors (Lipinski definition) is 1. The fourth-order valence-electron chi connectivity index (χ4n) is 2.39. The maximum Gasteiger partial charge on any atom is 0.245 e. The first-order valence-corrected chi connectivity index (χ1v) is 8.42. The summed E-state index contributed by atoms with van der Waals surface area (Å²) < 4.78 is 19.1. The Bertz CT molecular complexity index is 625. The number of nitrogens with zero attached hydrogens (tertiary/aromatic N) is 1. The summed E-state index contributed by atoms with van der Waals surface area (Å²) in [4.78, 5) is 24.3. The van der Waals surface area contributed by atoms with E-state index in [0.29, 0.717) is 25.1 Å². The highest BCUT2D eigenvalue weighted by Crippen LogP contribution is 2.23. The van der Waals surface area contributed by atoms with Crippen molar-refractivity contribution in [3.63, 3.8) is 0 Å². The van der Waals surface area contributed by atoms with E-state index in [1.54, 1.807) is 31.2 Å². The molecule has 1 N–H and O–H groups in total. The number of amides is 1. The molecule has 0 heterocycles. The molecule has 25 heavy (non-hydrogen) atoms. The van der Waals surface area contributed by atoms with Crippen molar-refractivity contribution in [1.29, 1.82) is 5.26 Å². The number of ketones is 1. The molecule has 1 aromatic carbocycles. The van der Waals surface area contributed by atoms with E-state index in [-0.39, 0.29) is 12.5 Å². The third-order valence-corrected chi connectivity index (χ3v) is 3.73. The summed E-state index contributed by atoms with van der Waals surface area (Å²) in [7, 11) is 0. The average molecular weight is 348 g/mol. The molecule has 136 valence electrons. The summed E-state index contributed by atoms with van der Waals surface area (Å²) in [6, 6.07) is 7.93. The van der Waals surface area contributed by atoms with Crippen LogP contribution < -0.4 is 5.32 Å². The number of benzene rings is 1. The predicted octanol–water partition coefficient (Wildman–Crippen LogP) is 2.96. The lowest BCUT2D eigenvalue weighted by molar-refractivity contribution is -0.131. The predicted molar refractivity (Wildman–Crippen MR) is 92.3 cm³/mol. The van der Waals surface area contributed by atoms with Gasteiger partial charge in [-0.2, -0.15) is 5.26 Å². The maximum absolute atomic E-state index is 13.8. The van der Waals surface area contributed by atoms with Crippen molar-refractivity contribution in [3.05, 3.63) is 35.6 Å². The number of rotatable bonds is 10. The van der Waals surface area contributed by atoms with Crippen molar-refractivity contribution >= 4 is 11.7 Å². The number of Topliss-reactive ketones (excluding diaryl/α,β-unsaturated/α-hetero) is 1. The van der Waals surface area contributed by atoms with E-state index in [2.05, 4.69) is 5.32 Å². The molecular weight excluding hydrogens is 323 g/mol. The molecule has 1 aromatic rings. The molecule has 1 amide bonds. The fraction of sp³-hybridized carbons (Fsp3) is 0.526. The molecule has 0 saturated heterocycles. The second kappa shape index (κ2) is 10.6.